The van der Waals surface area contributed by atoms with Crippen LogP contribution in [0.25, 0.3) is 32.0 Å². The Hall–Kier alpha value is -5.85. The number of amides is 5. The van der Waals surface area contributed by atoms with Crippen LogP contribution >= 0.6 is 22.7 Å². The summed E-state index contributed by atoms with van der Waals surface area (Å²) >= 11 is 2.89. The van der Waals surface area contributed by atoms with Gasteiger partial charge in [0.25, 0.3) is 0 Å². The Balaban J connectivity index is 0.765. The van der Waals surface area contributed by atoms with Crippen molar-refractivity contribution in [2.75, 3.05) is 17.2 Å². The third kappa shape index (κ3) is 15.1. The molecule has 0 radical (unpaired) electrons. The molecule has 1 aliphatic carbocycles. The molecule has 71 heavy (non-hydrogen) atoms. The van der Waals surface area contributed by atoms with Crippen LogP contribution in [0.1, 0.15) is 140 Å². The van der Waals surface area contributed by atoms with E-state index >= 15 is 0 Å². The lowest BCUT2D eigenvalue weighted by atomic mass is 9.85. The quantitative estimate of drug-likeness (QED) is 0.0436. The van der Waals surface area contributed by atoms with Crippen molar-refractivity contribution in [2.24, 2.45) is 5.41 Å². The van der Waals surface area contributed by atoms with Gasteiger partial charge in [0.05, 0.1) is 39.3 Å². The summed E-state index contributed by atoms with van der Waals surface area (Å²) < 4.78 is 5.64. The van der Waals surface area contributed by atoms with Crippen molar-refractivity contribution in [1.82, 2.24) is 35.5 Å². The van der Waals surface area contributed by atoms with E-state index < -0.39 is 29.7 Å². The van der Waals surface area contributed by atoms with Gasteiger partial charge in [-0.2, -0.15) is 0 Å². The first-order chi connectivity index (χ1) is 34.1. The smallest absolute Gasteiger partial charge is 0.411 e. The van der Waals surface area contributed by atoms with Crippen molar-refractivity contribution >= 4 is 73.6 Å². The average molecular weight is 1010 g/mol. The highest BCUT2D eigenvalue weighted by Gasteiger charge is 2.44. The van der Waals surface area contributed by atoms with Crippen LogP contribution in [0.5, 0.6) is 0 Å². The molecule has 5 aromatic rings. The lowest BCUT2D eigenvalue weighted by Crippen LogP contribution is -2.57. The van der Waals surface area contributed by atoms with Crippen molar-refractivity contribution in [2.45, 2.75) is 168 Å². The molecule has 18 heteroatoms. The van der Waals surface area contributed by atoms with Crippen LogP contribution in [0.15, 0.2) is 54.2 Å². The highest BCUT2D eigenvalue weighted by atomic mass is 32.1. The summed E-state index contributed by atoms with van der Waals surface area (Å²) in [5, 5.41) is 22.8. The topological polar surface area (TPSA) is 218 Å². The average Bonchev–Trinajstić information content (AvgIpc) is 4.08. The second-order valence-electron chi connectivity index (χ2n) is 20.0. The molecule has 16 nitrogen and oxygen atoms in total. The van der Waals surface area contributed by atoms with Gasteiger partial charge in [-0.1, -0.05) is 101 Å². The summed E-state index contributed by atoms with van der Waals surface area (Å²) in [6, 6.07) is 11.8. The van der Waals surface area contributed by atoms with Crippen LogP contribution in [0, 0.1) is 19.3 Å². The first-order valence-electron chi connectivity index (χ1n) is 25.2. The van der Waals surface area contributed by atoms with Crippen molar-refractivity contribution < 1.29 is 33.8 Å². The number of ether oxygens (including phenoxy) is 1. The highest BCUT2D eigenvalue weighted by molar-refractivity contribution is 7.22. The van der Waals surface area contributed by atoms with Gasteiger partial charge in [0.15, 0.2) is 5.13 Å². The van der Waals surface area contributed by atoms with Crippen LogP contribution in [0.4, 0.5) is 15.6 Å². The molecule has 3 atom stereocenters. The number of hydrogen-bond acceptors (Lipinski definition) is 13. The zero-order chi connectivity index (χ0) is 50.5. The Morgan fingerprint density at radius 3 is 2.18 bits per heavy atom. The normalized spacial score (nSPS) is 16.7. The fraction of sp³-hybridized carbons (Fsp3) is 0.528. The van der Waals surface area contributed by atoms with Crippen LogP contribution in [0.3, 0.4) is 0 Å². The minimum Gasteiger partial charge on any atom is -0.446 e. The number of carbonyl (C=O) groups is 5. The van der Waals surface area contributed by atoms with E-state index in [-0.39, 0.29) is 55.7 Å². The summed E-state index contributed by atoms with van der Waals surface area (Å²) in [7, 11) is 0. The molecule has 380 valence electrons. The molecule has 0 spiro atoms. The fourth-order valence-corrected chi connectivity index (χ4v) is 10.8. The predicted octanol–water partition coefficient (Wildman–Crippen LogP) is 10.0. The van der Waals surface area contributed by atoms with Crippen LogP contribution < -0.4 is 21.3 Å². The van der Waals surface area contributed by atoms with Crippen molar-refractivity contribution in [3.63, 3.8) is 0 Å². The Labute approximate surface area is 424 Å². The Kier molecular flexibility index (Phi) is 18.7. The van der Waals surface area contributed by atoms with Crippen LogP contribution in [0.2, 0.25) is 0 Å². The number of anilines is 2. The van der Waals surface area contributed by atoms with Crippen molar-refractivity contribution in [3.8, 4) is 21.7 Å². The number of pyridine rings is 2. The number of benzene rings is 1. The van der Waals surface area contributed by atoms with Gasteiger partial charge < -0.3 is 30.7 Å². The molecule has 5 heterocycles. The summed E-state index contributed by atoms with van der Waals surface area (Å²) in [4.78, 5) is 87.5. The molecular formula is C53H69N9O7S2. The predicted molar refractivity (Wildman–Crippen MR) is 279 cm³/mol. The standard InChI is InChI=1S/C53H69N9O7S2/c1-33-42(59-52(68)69-39-17-13-12-14-18-39)27-37(30-54-33)40-25-26-41-49(57-40)71-51(58-41)61-45(65)20-16-11-9-7-6-8-10-15-19-44(64)60-47(53(3,4)5)50(67)62-31-38(63)28-43(62)48(66)55-29-35-21-23-36(24-22-35)46-34(2)56-32-70-46/h21-27,30,32,38-39,43,47,63H,6-20,28-29,31H2,1-5H3,(H,55,66)(H,59,68)(H,60,64)(H,58,61,65)/t38-,43+,47-/m1/s1. The van der Waals surface area contributed by atoms with Gasteiger partial charge in [0.1, 0.15) is 28.5 Å². The number of thiazole rings is 2. The minimum atomic E-state index is -0.862. The van der Waals surface area contributed by atoms with E-state index in [1.807, 2.05) is 82.6 Å². The maximum atomic E-state index is 14.0. The monoisotopic (exact) mass is 1010 g/mol. The summed E-state index contributed by atoms with van der Waals surface area (Å²) in [6.07, 6.45) is 13.6. The van der Waals surface area contributed by atoms with Gasteiger partial charge in [-0.05, 0) is 87.1 Å². The number of aliphatic hydroxyl groups excluding tert-OH is 1. The number of aryl methyl sites for hydroxylation is 2. The molecule has 4 aromatic heterocycles. The van der Waals surface area contributed by atoms with Gasteiger partial charge >= 0.3 is 6.09 Å². The SMILES string of the molecule is Cc1ncc(-c2ccc3nc(NC(=O)CCCCCCCCCCC(=O)N[C@H](C(=O)N4C[C@H](O)C[C@H]4C(=O)NCc4ccc(-c5scnc5C)cc4)C(C)(C)C)sc3n2)cc1NC(=O)OC1CCCCC1. The number of aromatic nitrogens is 4. The fourth-order valence-electron chi connectivity index (χ4n) is 9.13. The number of hydrogen-bond donors (Lipinski definition) is 5. The Morgan fingerprint density at radius 2 is 1.51 bits per heavy atom. The molecule has 0 unspecified atom stereocenters. The maximum Gasteiger partial charge on any atom is 0.411 e. The van der Waals surface area contributed by atoms with E-state index in [0.717, 1.165) is 97.9 Å². The molecule has 1 saturated heterocycles. The highest BCUT2D eigenvalue weighted by Crippen LogP contribution is 2.31. The Morgan fingerprint density at radius 1 is 0.817 bits per heavy atom. The van der Waals surface area contributed by atoms with Crippen molar-refractivity contribution in [1.29, 1.82) is 0 Å². The maximum absolute atomic E-state index is 14.0. The second kappa shape index (κ2) is 25.0. The summed E-state index contributed by atoms with van der Waals surface area (Å²) in [5.74, 6) is -1.01. The molecule has 2 aliphatic rings. The van der Waals surface area contributed by atoms with Crippen LogP contribution in [-0.4, -0.2) is 90.5 Å². The van der Waals surface area contributed by atoms with E-state index in [1.54, 1.807) is 17.5 Å². The van der Waals surface area contributed by atoms with Gasteiger partial charge in [0.2, 0.25) is 23.6 Å². The number of nitrogens with one attached hydrogen (secondary N) is 4. The number of β-amino-alcohol motifs (C(OH)–C–C–N with tert-alkyl or cyclic N) is 1. The zero-order valence-corrected chi connectivity index (χ0v) is 43.3. The largest absolute Gasteiger partial charge is 0.446 e. The lowest BCUT2D eigenvalue weighted by molar-refractivity contribution is -0.144. The number of carbonyl (C=O) groups excluding carboxylic acids is 5. The molecule has 1 aliphatic heterocycles. The number of unbranched alkanes of at least 4 members (excludes halogenated alkanes) is 7. The molecule has 1 saturated carbocycles. The van der Waals surface area contributed by atoms with Crippen molar-refractivity contribution in [3.05, 3.63) is 71.1 Å². The van der Waals surface area contributed by atoms with E-state index in [9.17, 15) is 29.1 Å². The minimum absolute atomic E-state index is 0.0243. The molecule has 7 rings (SSSR count). The molecule has 0 bridgehead atoms. The molecule has 2 fully saturated rings. The summed E-state index contributed by atoms with van der Waals surface area (Å²) in [6.45, 7) is 9.77. The third-order valence-electron chi connectivity index (χ3n) is 13.2. The zero-order valence-electron chi connectivity index (χ0n) is 41.7. The number of aliphatic hydroxyl groups is 1. The number of likely N-dealkylation sites (tertiary alicyclic amines) is 1. The van der Waals surface area contributed by atoms with E-state index in [1.165, 1.54) is 22.7 Å². The van der Waals surface area contributed by atoms with Gasteiger partial charge in [-0.25, -0.2) is 19.7 Å². The number of nitrogens with zero attached hydrogens (tertiary/aromatic N) is 5. The Bertz CT molecular complexity index is 2620. The molecule has 5 N–H and O–H groups in total. The molecule has 5 amide bonds. The molecular weight excluding hydrogens is 939 g/mol. The van der Waals surface area contributed by atoms with Gasteiger partial charge in [-0.3, -0.25) is 29.5 Å². The first-order valence-corrected chi connectivity index (χ1v) is 26.9. The number of rotatable bonds is 21. The van der Waals surface area contributed by atoms with E-state index in [4.69, 9.17) is 9.72 Å². The van der Waals surface area contributed by atoms with E-state index in [0.29, 0.717) is 45.4 Å². The third-order valence-corrected chi connectivity index (χ3v) is 15.1. The first kappa shape index (κ1) is 53.0. The van der Waals surface area contributed by atoms with Gasteiger partial charge in [0, 0.05) is 44.1 Å². The van der Waals surface area contributed by atoms with E-state index in [2.05, 4.69) is 36.2 Å². The summed E-state index contributed by atoms with van der Waals surface area (Å²) in [5.41, 5.74) is 7.48. The number of fused-ring (bicyclic) bond motifs is 1. The molecule has 1 aromatic carbocycles. The lowest BCUT2D eigenvalue weighted by Gasteiger charge is -2.35. The van der Waals surface area contributed by atoms with Crippen LogP contribution in [-0.2, 0) is 30.5 Å². The second-order valence-corrected chi connectivity index (χ2v) is 21.8. The van der Waals surface area contributed by atoms with Gasteiger partial charge in [-0.15, -0.1) is 11.3 Å².